The van der Waals surface area contributed by atoms with Gasteiger partial charge in [-0.2, -0.15) is 0 Å². The number of hydrogen-bond donors (Lipinski definition) is 1. The van der Waals surface area contributed by atoms with E-state index in [2.05, 4.69) is 18.5 Å². The molecule has 2 amide bonds. The minimum atomic E-state index is -0.0972. The first-order chi connectivity index (χ1) is 7.90. The van der Waals surface area contributed by atoms with Gasteiger partial charge in [-0.25, -0.2) is 0 Å². The van der Waals surface area contributed by atoms with Gasteiger partial charge in [0.2, 0.25) is 11.8 Å². The van der Waals surface area contributed by atoms with Crippen LogP contribution in [0.3, 0.4) is 0 Å². The molecule has 0 aromatic heterocycles. The molecule has 4 heteroatoms. The highest BCUT2D eigenvalue weighted by atomic mass is 16.2. The molecule has 1 aliphatic rings. The second-order valence-electron chi connectivity index (χ2n) is 4.14. The van der Waals surface area contributed by atoms with Crippen LogP contribution in [0, 0.1) is 0 Å². The monoisotopic (exact) mass is 238 g/mol. The maximum Gasteiger partial charge on any atom is 0.248 e. The Labute approximate surface area is 103 Å². The summed E-state index contributed by atoms with van der Waals surface area (Å²) in [5.74, 6) is 0.0255. The molecule has 1 N–H and O–H groups in total. The summed E-state index contributed by atoms with van der Waals surface area (Å²) in [6.07, 6.45) is 2.30. The summed E-state index contributed by atoms with van der Waals surface area (Å²) < 4.78 is 0. The zero-order valence-electron chi connectivity index (χ0n) is 11.0. The van der Waals surface area contributed by atoms with Gasteiger partial charge in [0.05, 0.1) is 0 Å². The van der Waals surface area contributed by atoms with Crippen LogP contribution in [0.4, 0.5) is 0 Å². The Kier molecular flexibility index (Phi) is 6.94. The standard InChI is InChI=1S/C8H13NO.C5H9NO/c1-7(2)8(10)9-5-3-4-6-9;1-4(2)5(7)6-3/h1,3-6H2,2H3;1H2,2-3H3,(H,6,7). The number of likely N-dealkylation sites (tertiary alicyclic amines) is 1. The highest BCUT2D eigenvalue weighted by Crippen LogP contribution is 2.09. The fourth-order valence-corrected chi connectivity index (χ4v) is 1.40. The molecule has 0 aromatic rings. The van der Waals surface area contributed by atoms with E-state index in [1.807, 2.05) is 4.90 Å². The molecule has 0 spiro atoms. The van der Waals surface area contributed by atoms with Crippen molar-refractivity contribution in [3.8, 4) is 0 Å². The molecule has 0 radical (unpaired) electrons. The van der Waals surface area contributed by atoms with Crippen LogP contribution >= 0.6 is 0 Å². The van der Waals surface area contributed by atoms with Gasteiger partial charge < -0.3 is 10.2 Å². The van der Waals surface area contributed by atoms with Crippen molar-refractivity contribution in [2.75, 3.05) is 20.1 Å². The number of carbonyl (C=O) groups is 2. The van der Waals surface area contributed by atoms with E-state index in [0.29, 0.717) is 11.1 Å². The molecular formula is C13H22N2O2. The van der Waals surface area contributed by atoms with Crippen LogP contribution in [0.1, 0.15) is 26.7 Å². The fourth-order valence-electron chi connectivity index (χ4n) is 1.40. The minimum Gasteiger partial charge on any atom is -0.355 e. The summed E-state index contributed by atoms with van der Waals surface area (Å²) in [5.41, 5.74) is 1.20. The molecule has 0 aliphatic carbocycles. The first-order valence-electron chi connectivity index (χ1n) is 5.72. The van der Waals surface area contributed by atoms with Gasteiger partial charge in [-0.15, -0.1) is 0 Å². The molecule has 1 fully saturated rings. The van der Waals surface area contributed by atoms with Crippen LogP contribution in [-0.2, 0) is 9.59 Å². The molecule has 0 aromatic carbocycles. The van der Waals surface area contributed by atoms with Crippen molar-refractivity contribution >= 4 is 11.8 Å². The van der Waals surface area contributed by atoms with E-state index >= 15 is 0 Å². The molecule has 0 saturated carbocycles. The Morgan fingerprint density at radius 3 is 1.76 bits per heavy atom. The van der Waals surface area contributed by atoms with Crippen LogP contribution in [0.25, 0.3) is 0 Å². The number of nitrogens with zero attached hydrogens (tertiary/aromatic N) is 1. The molecule has 1 aliphatic heterocycles. The average Bonchev–Trinajstić information content (AvgIpc) is 2.80. The van der Waals surface area contributed by atoms with Gasteiger partial charge in [0.25, 0.3) is 0 Å². The Balaban J connectivity index is 0.000000325. The first kappa shape index (κ1) is 15.4. The van der Waals surface area contributed by atoms with Gasteiger partial charge in [0, 0.05) is 31.3 Å². The quantitative estimate of drug-likeness (QED) is 0.741. The number of hydrogen-bond acceptors (Lipinski definition) is 2. The predicted octanol–water partition coefficient (Wildman–Crippen LogP) is 1.49. The number of amides is 2. The smallest absolute Gasteiger partial charge is 0.248 e. The molecule has 0 bridgehead atoms. The number of carbonyl (C=O) groups excluding carboxylic acids is 2. The Bertz CT molecular complexity index is 315. The van der Waals surface area contributed by atoms with Gasteiger partial charge >= 0.3 is 0 Å². The SMILES string of the molecule is C=C(C)C(=O)N1CCCC1.C=C(C)C(=O)NC. The lowest BCUT2D eigenvalue weighted by atomic mass is 10.3. The number of nitrogens with one attached hydrogen (secondary N) is 1. The number of rotatable bonds is 2. The van der Waals surface area contributed by atoms with Crippen LogP contribution in [0.2, 0.25) is 0 Å². The van der Waals surface area contributed by atoms with Gasteiger partial charge in [0.15, 0.2) is 0 Å². The zero-order chi connectivity index (χ0) is 13.4. The van der Waals surface area contributed by atoms with E-state index in [1.165, 1.54) is 0 Å². The highest BCUT2D eigenvalue weighted by molar-refractivity contribution is 5.92. The van der Waals surface area contributed by atoms with E-state index in [4.69, 9.17) is 0 Å². The van der Waals surface area contributed by atoms with E-state index in [0.717, 1.165) is 25.9 Å². The maximum absolute atomic E-state index is 11.2. The van der Waals surface area contributed by atoms with Crippen LogP contribution in [0.15, 0.2) is 24.3 Å². The maximum atomic E-state index is 11.2. The summed E-state index contributed by atoms with van der Waals surface area (Å²) in [4.78, 5) is 23.3. The van der Waals surface area contributed by atoms with E-state index < -0.39 is 0 Å². The van der Waals surface area contributed by atoms with Crippen molar-refractivity contribution in [1.29, 1.82) is 0 Å². The van der Waals surface area contributed by atoms with Crippen LogP contribution < -0.4 is 5.32 Å². The molecule has 4 nitrogen and oxygen atoms in total. The summed E-state index contributed by atoms with van der Waals surface area (Å²) >= 11 is 0. The Hall–Kier alpha value is -1.58. The predicted molar refractivity (Wildman–Crippen MR) is 69.5 cm³/mol. The van der Waals surface area contributed by atoms with Crippen LogP contribution in [0.5, 0.6) is 0 Å². The van der Waals surface area contributed by atoms with Crippen molar-refractivity contribution in [1.82, 2.24) is 10.2 Å². The molecule has 1 rings (SSSR count). The molecule has 96 valence electrons. The highest BCUT2D eigenvalue weighted by Gasteiger charge is 2.17. The first-order valence-corrected chi connectivity index (χ1v) is 5.72. The van der Waals surface area contributed by atoms with Crippen molar-refractivity contribution in [3.63, 3.8) is 0 Å². The average molecular weight is 238 g/mol. The van der Waals surface area contributed by atoms with E-state index in [1.54, 1.807) is 20.9 Å². The van der Waals surface area contributed by atoms with Crippen molar-refractivity contribution in [2.45, 2.75) is 26.7 Å². The lowest BCUT2D eigenvalue weighted by Crippen LogP contribution is -2.27. The fraction of sp³-hybridized carbons (Fsp3) is 0.538. The normalized spacial score (nSPS) is 13.5. The lowest BCUT2D eigenvalue weighted by molar-refractivity contribution is -0.126. The lowest BCUT2D eigenvalue weighted by Gasteiger charge is -2.14. The summed E-state index contributed by atoms with van der Waals surface area (Å²) in [6.45, 7) is 12.3. The molecule has 1 saturated heterocycles. The van der Waals surface area contributed by atoms with Crippen molar-refractivity contribution in [2.24, 2.45) is 0 Å². The van der Waals surface area contributed by atoms with Gasteiger partial charge in [0.1, 0.15) is 0 Å². The topological polar surface area (TPSA) is 49.4 Å². The molecule has 17 heavy (non-hydrogen) atoms. The largest absolute Gasteiger partial charge is 0.355 e. The third kappa shape index (κ3) is 5.90. The summed E-state index contributed by atoms with van der Waals surface area (Å²) in [6, 6.07) is 0. The molecule has 0 atom stereocenters. The minimum absolute atomic E-state index is 0.0972. The molecule has 0 unspecified atom stereocenters. The van der Waals surface area contributed by atoms with Crippen LogP contribution in [-0.4, -0.2) is 36.9 Å². The number of likely N-dealkylation sites (N-methyl/N-ethyl adjacent to an activating group) is 1. The third-order valence-electron chi connectivity index (χ3n) is 2.37. The van der Waals surface area contributed by atoms with E-state index in [-0.39, 0.29) is 11.8 Å². The summed E-state index contributed by atoms with van der Waals surface area (Å²) in [5, 5.41) is 2.43. The second kappa shape index (κ2) is 7.65. The van der Waals surface area contributed by atoms with E-state index in [9.17, 15) is 9.59 Å². The molecule has 1 heterocycles. The second-order valence-corrected chi connectivity index (χ2v) is 4.14. The zero-order valence-corrected chi connectivity index (χ0v) is 11.0. The molecular weight excluding hydrogens is 216 g/mol. The Morgan fingerprint density at radius 2 is 1.53 bits per heavy atom. The van der Waals surface area contributed by atoms with Crippen molar-refractivity contribution in [3.05, 3.63) is 24.3 Å². The van der Waals surface area contributed by atoms with Gasteiger partial charge in [-0.3, -0.25) is 9.59 Å². The van der Waals surface area contributed by atoms with Gasteiger partial charge in [-0.05, 0) is 26.7 Å². The van der Waals surface area contributed by atoms with Gasteiger partial charge in [-0.1, -0.05) is 13.2 Å². The third-order valence-corrected chi connectivity index (χ3v) is 2.37. The Morgan fingerprint density at radius 1 is 1.06 bits per heavy atom. The summed E-state index contributed by atoms with van der Waals surface area (Å²) in [7, 11) is 1.58. The van der Waals surface area contributed by atoms with Crippen molar-refractivity contribution < 1.29 is 9.59 Å².